The molecule has 6 aromatic rings. The van der Waals surface area contributed by atoms with E-state index in [9.17, 15) is 9.59 Å². The highest BCUT2D eigenvalue weighted by Gasteiger charge is 2.36. The van der Waals surface area contributed by atoms with Crippen molar-refractivity contribution in [3.8, 4) is 0 Å². The Kier molecular flexibility index (Phi) is 8.59. The molecule has 0 spiro atoms. The molecule has 3 N–H and O–H groups in total. The molecule has 3 unspecified atom stereocenters. The summed E-state index contributed by atoms with van der Waals surface area (Å²) in [6.07, 6.45) is 4.00. The summed E-state index contributed by atoms with van der Waals surface area (Å²) >= 11 is 0. The molecule has 3 aliphatic rings. The maximum atomic E-state index is 12.2. The van der Waals surface area contributed by atoms with Crippen LogP contribution in [0.15, 0.2) is 60.7 Å². The van der Waals surface area contributed by atoms with Gasteiger partial charge >= 0.3 is 0 Å². The van der Waals surface area contributed by atoms with E-state index in [4.69, 9.17) is 0 Å². The van der Waals surface area contributed by atoms with Gasteiger partial charge in [-0.25, -0.2) is 0 Å². The highest BCUT2D eigenvalue weighted by molar-refractivity contribution is 6.09. The van der Waals surface area contributed by atoms with Crippen LogP contribution in [0.3, 0.4) is 0 Å². The van der Waals surface area contributed by atoms with Crippen molar-refractivity contribution in [3.63, 3.8) is 0 Å². The van der Waals surface area contributed by atoms with E-state index in [1.54, 1.807) is 0 Å². The maximum absolute atomic E-state index is 12.2. The molecule has 254 valence electrons. The van der Waals surface area contributed by atoms with E-state index in [-0.39, 0.29) is 23.7 Å². The van der Waals surface area contributed by atoms with Crippen LogP contribution in [0.1, 0.15) is 54.5 Å². The van der Waals surface area contributed by atoms with E-state index in [1.807, 2.05) is 56.2 Å². The molecule has 3 aromatic heterocycles. The third kappa shape index (κ3) is 5.92. The van der Waals surface area contributed by atoms with Gasteiger partial charge in [0.15, 0.2) is 11.6 Å². The number of aryl methyl sites for hydroxylation is 2. The van der Waals surface area contributed by atoms with Crippen LogP contribution in [0.4, 0.5) is 0 Å². The van der Waals surface area contributed by atoms with Gasteiger partial charge in [0, 0.05) is 50.9 Å². The van der Waals surface area contributed by atoms with Crippen LogP contribution in [-0.2, 0) is 25.7 Å². The fraction of sp³-hybridized carbons (Fsp3) is 0.366. The number of benzene rings is 3. The molecule has 9 rings (SSSR count). The van der Waals surface area contributed by atoms with Crippen molar-refractivity contribution in [2.75, 3.05) is 42.3 Å². The van der Waals surface area contributed by atoms with Gasteiger partial charge in [-0.1, -0.05) is 42.5 Å². The number of nitrogens with one attached hydrogen (secondary N) is 3. The van der Waals surface area contributed by atoms with Crippen LogP contribution >= 0.6 is 0 Å². The molecule has 0 saturated heterocycles. The van der Waals surface area contributed by atoms with E-state index in [0.717, 1.165) is 41.7 Å². The minimum Gasteiger partial charge on any atom is -0.358 e. The molecule has 8 heteroatoms. The predicted molar refractivity (Wildman–Crippen MR) is 200 cm³/mol. The second-order valence-electron chi connectivity index (χ2n) is 14.8. The fourth-order valence-corrected chi connectivity index (χ4v) is 7.89. The number of para-hydroxylation sites is 1. The molecule has 3 atom stereocenters. The summed E-state index contributed by atoms with van der Waals surface area (Å²) in [7, 11) is 12.2. The first kappa shape index (κ1) is 33.0. The lowest BCUT2D eigenvalue weighted by Crippen LogP contribution is -2.33. The quantitative estimate of drug-likeness (QED) is 0.203. The molecule has 3 heterocycles. The monoisotopic (exact) mass is 656 g/mol. The smallest absolute Gasteiger partial charge is 0.196 e. The zero-order chi connectivity index (χ0) is 34.7. The number of carbonyl (C=O) groups is 2. The number of hydrogen-bond donors (Lipinski definition) is 3. The summed E-state index contributed by atoms with van der Waals surface area (Å²) in [6, 6.07) is 21.8. The SMILES string of the molecule is CN(C)C1Cc2c([nH]c3ccccc23)C1=O.Cc1ccc2c3c([nH]c2c1)C(=O)C(N(C)C)C3.Cc1ccc2c3c([nH]c2c1)CC(N(C)C)C3. The Morgan fingerprint density at radius 1 is 0.531 bits per heavy atom. The number of likely N-dealkylation sites (N-methyl/N-ethyl adjacent to an activating group) is 3. The van der Waals surface area contributed by atoms with Crippen LogP contribution in [0, 0.1) is 13.8 Å². The van der Waals surface area contributed by atoms with Gasteiger partial charge in [0.1, 0.15) is 0 Å². The van der Waals surface area contributed by atoms with Crippen molar-refractivity contribution < 1.29 is 9.59 Å². The molecule has 3 aliphatic carbocycles. The number of nitrogens with zero attached hydrogens (tertiary/aromatic N) is 3. The van der Waals surface area contributed by atoms with Crippen LogP contribution in [0.2, 0.25) is 0 Å². The number of H-pyrrole nitrogens is 3. The lowest BCUT2D eigenvalue weighted by atomic mass is 10.1. The number of carbonyl (C=O) groups excluding carboxylic acids is 2. The lowest BCUT2D eigenvalue weighted by molar-refractivity contribution is 0.0885. The maximum Gasteiger partial charge on any atom is 0.196 e. The number of rotatable bonds is 3. The molecule has 0 fully saturated rings. The van der Waals surface area contributed by atoms with Crippen LogP contribution in [0.25, 0.3) is 32.7 Å². The Bertz CT molecular complexity index is 2210. The van der Waals surface area contributed by atoms with Crippen LogP contribution in [-0.4, -0.2) is 102 Å². The molecule has 0 radical (unpaired) electrons. The third-order valence-electron chi connectivity index (χ3n) is 10.8. The normalized spacial score (nSPS) is 19.5. The van der Waals surface area contributed by atoms with Crippen molar-refractivity contribution in [1.82, 2.24) is 29.7 Å². The Hall–Kier alpha value is -4.50. The molecule has 0 aliphatic heterocycles. The summed E-state index contributed by atoms with van der Waals surface area (Å²) in [4.78, 5) is 40.8. The first-order valence-corrected chi connectivity index (χ1v) is 17.3. The van der Waals surface area contributed by atoms with Gasteiger partial charge in [-0.2, -0.15) is 0 Å². The van der Waals surface area contributed by atoms with Gasteiger partial charge in [-0.05, 0) is 121 Å². The van der Waals surface area contributed by atoms with Crippen LogP contribution in [0.5, 0.6) is 0 Å². The molecule has 0 amide bonds. The average Bonchev–Trinajstić information content (AvgIpc) is 3.88. The van der Waals surface area contributed by atoms with Gasteiger partial charge in [0.2, 0.25) is 0 Å². The molecule has 0 bridgehead atoms. The second-order valence-corrected chi connectivity index (χ2v) is 14.8. The zero-order valence-corrected chi connectivity index (χ0v) is 30.0. The summed E-state index contributed by atoms with van der Waals surface area (Å²) in [5.74, 6) is 0.440. The molecule has 8 nitrogen and oxygen atoms in total. The summed E-state index contributed by atoms with van der Waals surface area (Å²) in [6.45, 7) is 4.21. The summed E-state index contributed by atoms with van der Waals surface area (Å²) in [5.41, 5.74) is 13.0. The minimum absolute atomic E-state index is 0.00181. The third-order valence-corrected chi connectivity index (χ3v) is 10.8. The van der Waals surface area contributed by atoms with Crippen molar-refractivity contribution in [1.29, 1.82) is 0 Å². The number of Topliss-reactive ketones (excluding diaryl/α,β-unsaturated/α-hetero) is 2. The number of ketones is 2. The topological polar surface area (TPSA) is 91.2 Å². The Labute approximate surface area is 288 Å². The molecule has 0 saturated carbocycles. The van der Waals surface area contributed by atoms with E-state index in [1.165, 1.54) is 61.6 Å². The fourth-order valence-electron chi connectivity index (χ4n) is 7.89. The first-order chi connectivity index (χ1) is 23.4. The van der Waals surface area contributed by atoms with E-state index in [2.05, 4.69) is 90.3 Å². The molecule has 49 heavy (non-hydrogen) atoms. The van der Waals surface area contributed by atoms with Crippen molar-refractivity contribution in [2.45, 2.75) is 57.7 Å². The average molecular weight is 657 g/mol. The molecular formula is C41H48N6O2. The van der Waals surface area contributed by atoms with E-state index < -0.39 is 0 Å². The second kappa shape index (κ2) is 12.8. The van der Waals surface area contributed by atoms with Crippen molar-refractivity contribution >= 4 is 44.3 Å². The van der Waals surface area contributed by atoms with E-state index >= 15 is 0 Å². The van der Waals surface area contributed by atoms with Gasteiger partial charge in [-0.3, -0.25) is 19.4 Å². The largest absolute Gasteiger partial charge is 0.358 e. The Balaban J connectivity index is 0.000000116. The zero-order valence-electron chi connectivity index (χ0n) is 30.0. The first-order valence-electron chi connectivity index (χ1n) is 17.3. The van der Waals surface area contributed by atoms with Gasteiger partial charge in [0.05, 0.1) is 23.5 Å². The van der Waals surface area contributed by atoms with Gasteiger partial charge in [0.25, 0.3) is 0 Å². The summed E-state index contributed by atoms with van der Waals surface area (Å²) < 4.78 is 0. The standard InChI is InChI=1S/C14H16N2O.C14H18N2.C13H14N2O/c1-8-4-5-9-10-7-12(16(2)3)14(17)13(10)15-11(9)6-8;1-9-4-5-11-12-7-10(16(2)3)8-14(12)15-13(11)6-9;1-15(2)11-7-9-8-5-3-4-6-10(8)14-12(9)13(11)16/h4-6,12,15H,7H2,1-3H3;4-6,10,15H,7-8H2,1-3H3;3-6,11,14H,7H2,1-2H3. The van der Waals surface area contributed by atoms with Crippen LogP contribution < -0.4 is 0 Å². The van der Waals surface area contributed by atoms with E-state index in [0.29, 0.717) is 6.04 Å². The Morgan fingerprint density at radius 3 is 1.57 bits per heavy atom. The lowest BCUT2D eigenvalue weighted by Gasteiger charge is -2.18. The minimum atomic E-state index is 0.00181. The molecule has 3 aromatic carbocycles. The van der Waals surface area contributed by atoms with Gasteiger partial charge in [-0.15, -0.1) is 0 Å². The molecular weight excluding hydrogens is 608 g/mol. The highest BCUT2D eigenvalue weighted by Crippen LogP contribution is 2.34. The van der Waals surface area contributed by atoms with Crippen molar-refractivity contribution in [2.24, 2.45) is 0 Å². The summed E-state index contributed by atoms with van der Waals surface area (Å²) in [5, 5.41) is 3.81. The van der Waals surface area contributed by atoms with Gasteiger partial charge < -0.3 is 19.9 Å². The Morgan fingerprint density at radius 2 is 1.02 bits per heavy atom. The predicted octanol–water partition coefficient (Wildman–Crippen LogP) is 6.49. The van der Waals surface area contributed by atoms with Crippen molar-refractivity contribution in [3.05, 3.63) is 106 Å². The number of fused-ring (bicyclic) bond motifs is 9. The number of hydrogen-bond acceptors (Lipinski definition) is 5. The number of aromatic amines is 3. The number of aromatic nitrogens is 3. The highest BCUT2D eigenvalue weighted by atomic mass is 16.1.